The van der Waals surface area contributed by atoms with Gasteiger partial charge in [-0.25, -0.2) is 0 Å². The Labute approximate surface area is 307 Å². The van der Waals surface area contributed by atoms with Gasteiger partial charge in [0, 0.05) is 38.0 Å². The van der Waals surface area contributed by atoms with Crippen LogP contribution in [0.5, 0.6) is 0 Å². The number of aryl methyl sites for hydroxylation is 1. The molecule has 0 N–H and O–H groups in total. The summed E-state index contributed by atoms with van der Waals surface area (Å²) in [6.45, 7) is 5.22. The summed E-state index contributed by atoms with van der Waals surface area (Å²) in [5.74, 6) is 0.484. The molecule has 250 valence electrons. The van der Waals surface area contributed by atoms with Gasteiger partial charge in [0.25, 0.3) is 0 Å². The molecule has 2 heterocycles. The Morgan fingerprint density at radius 1 is 0.745 bits per heavy atom. The van der Waals surface area contributed by atoms with Crippen LogP contribution in [0.3, 0.4) is 0 Å². The van der Waals surface area contributed by atoms with Crippen molar-refractivity contribution in [3.05, 3.63) is 160 Å². The lowest BCUT2D eigenvalue weighted by atomic mass is 9.89. The second kappa shape index (κ2) is 12.2. The van der Waals surface area contributed by atoms with Gasteiger partial charge in [-0.15, -0.1) is 11.3 Å². The van der Waals surface area contributed by atoms with Crippen LogP contribution in [0.4, 0.5) is 11.4 Å². The molecule has 0 bridgehead atoms. The van der Waals surface area contributed by atoms with E-state index in [2.05, 4.69) is 163 Å². The second-order valence-electron chi connectivity index (χ2n) is 15.3. The number of benzene rings is 5. The molecule has 6 aromatic rings. The fraction of sp³-hybridized carbons (Fsp3) is 0.208. The van der Waals surface area contributed by atoms with Crippen LogP contribution in [-0.2, 0) is 6.42 Å². The standard InChI is InChI=1S/C48H43NSSi/c1-51(2)45-30-29-41-40-20-8-9-24-44(40)50-47(41)46(45)42-22-12-23-43(48(42)51)49(37-18-10-17-35(31-37)32-13-4-3-5-14-32)36-27-25-34(26-28-36)39-21-11-16-33-15-6-7-19-38(33)39/h4,6-8,10-11,13,15-21,23,25-32H,3,5,9,12,14,22,24H2,1-2H3. The molecule has 1 atom stereocenters. The van der Waals surface area contributed by atoms with E-state index in [4.69, 9.17) is 0 Å². The number of hydrogen-bond acceptors (Lipinski definition) is 2. The van der Waals surface area contributed by atoms with E-state index in [1.54, 1.807) is 26.4 Å². The highest BCUT2D eigenvalue weighted by Crippen LogP contribution is 2.51. The third-order valence-electron chi connectivity index (χ3n) is 12.0. The number of allylic oxidation sites excluding steroid dienone is 6. The molecule has 3 heteroatoms. The molecular weight excluding hydrogens is 651 g/mol. The lowest BCUT2D eigenvalue weighted by Gasteiger charge is -2.36. The molecule has 0 saturated heterocycles. The number of anilines is 2. The van der Waals surface area contributed by atoms with Gasteiger partial charge in [0.05, 0.1) is 0 Å². The van der Waals surface area contributed by atoms with Crippen molar-refractivity contribution in [2.75, 3.05) is 4.90 Å². The van der Waals surface area contributed by atoms with E-state index in [0.717, 1.165) is 19.3 Å². The predicted molar refractivity (Wildman–Crippen MR) is 224 cm³/mol. The fourth-order valence-electron chi connectivity index (χ4n) is 9.53. The van der Waals surface area contributed by atoms with Crippen LogP contribution in [-0.4, -0.2) is 8.07 Å². The first kappa shape index (κ1) is 31.1. The highest BCUT2D eigenvalue weighted by atomic mass is 32.1. The van der Waals surface area contributed by atoms with Crippen LogP contribution in [0.15, 0.2) is 138 Å². The zero-order valence-corrected chi connectivity index (χ0v) is 31.4. The maximum absolute atomic E-state index is 2.62. The largest absolute Gasteiger partial charge is 0.311 e. The number of fused-ring (bicyclic) bond motifs is 7. The van der Waals surface area contributed by atoms with Crippen molar-refractivity contribution >= 4 is 68.5 Å². The van der Waals surface area contributed by atoms with Gasteiger partial charge in [-0.1, -0.05) is 122 Å². The van der Waals surface area contributed by atoms with Crippen LogP contribution in [0.1, 0.15) is 66.0 Å². The Hall–Kier alpha value is -4.70. The predicted octanol–water partition coefficient (Wildman–Crippen LogP) is 13.2. The molecule has 1 aliphatic heterocycles. The van der Waals surface area contributed by atoms with Gasteiger partial charge in [-0.2, -0.15) is 0 Å². The smallest absolute Gasteiger partial charge is 0.116 e. The van der Waals surface area contributed by atoms with Gasteiger partial charge in [0.1, 0.15) is 8.07 Å². The Bertz CT molecular complexity index is 2480. The van der Waals surface area contributed by atoms with Crippen molar-refractivity contribution < 1.29 is 0 Å². The topological polar surface area (TPSA) is 3.24 Å². The van der Waals surface area contributed by atoms with E-state index < -0.39 is 8.07 Å². The Morgan fingerprint density at radius 3 is 2.49 bits per heavy atom. The summed E-state index contributed by atoms with van der Waals surface area (Å²) < 4.78 is 1.54. The molecule has 1 nitrogen and oxygen atoms in total. The molecule has 3 aliphatic carbocycles. The van der Waals surface area contributed by atoms with Crippen LogP contribution in [0.25, 0.3) is 43.6 Å². The first-order valence-electron chi connectivity index (χ1n) is 18.9. The number of nitrogens with zero attached hydrogens (tertiary/aromatic N) is 1. The van der Waals surface area contributed by atoms with Gasteiger partial charge in [0.2, 0.25) is 0 Å². The molecule has 4 aliphatic rings. The lowest BCUT2D eigenvalue weighted by molar-refractivity contribution is 0.654. The molecule has 0 spiro atoms. The van der Waals surface area contributed by atoms with Crippen LogP contribution in [0.2, 0.25) is 13.1 Å². The van der Waals surface area contributed by atoms with Crippen molar-refractivity contribution in [1.82, 2.24) is 0 Å². The Morgan fingerprint density at radius 2 is 1.61 bits per heavy atom. The highest BCUT2D eigenvalue weighted by molar-refractivity contribution is 7.20. The van der Waals surface area contributed by atoms with E-state index in [0.29, 0.717) is 5.92 Å². The van der Waals surface area contributed by atoms with Crippen molar-refractivity contribution in [3.63, 3.8) is 0 Å². The number of thiophene rings is 1. The van der Waals surface area contributed by atoms with Gasteiger partial charge in [-0.05, 0) is 124 Å². The Kier molecular flexibility index (Phi) is 7.44. The molecule has 10 rings (SSSR count). The third-order valence-corrected chi connectivity index (χ3v) is 16.8. The van der Waals surface area contributed by atoms with E-state index in [-0.39, 0.29) is 0 Å². The molecule has 51 heavy (non-hydrogen) atoms. The average molecular weight is 694 g/mol. The summed E-state index contributed by atoms with van der Waals surface area (Å²) in [6, 6.07) is 39.3. The monoisotopic (exact) mass is 693 g/mol. The molecule has 0 fully saturated rings. The normalized spacial score (nSPS) is 18.9. The summed E-state index contributed by atoms with van der Waals surface area (Å²) >= 11 is 2.08. The number of rotatable bonds is 5. The van der Waals surface area contributed by atoms with Crippen LogP contribution in [0, 0.1) is 0 Å². The maximum Gasteiger partial charge on any atom is 0.116 e. The van der Waals surface area contributed by atoms with E-state index in [1.165, 1.54) is 85.9 Å². The van der Waals surface area contributed by atoms with E-state index >= 15 is 0 Å². The van der Waals surface area contributed by atoms with Crippen molar-refractivity contribution in [1.29, 1.82) is 0 Å². The summed E-state index contributed by atoms with van der Waals surface area (Å²) in [6.07, 6.45) is 20.4. The highest BCUT2D eigenvalue weighted by Gasteiger charge is 2.45. The molecule has 0 saturated carbocycles. The molecule has 5 aromatic carbocycles. The fourth-order valence-corrected chi connectivity index (χ4v) is 14.5. The first-order chi connectivity index (χ1) is 25.1. The van der Waals surface area contributed by atoms with Gasteiger partial charge in [0.15, 0.2) is 0 Å². The van der Waals surface area contributed by atoms with Crippen LogP contribution < -0.4 is 10.1 Å². The zero-order chi connectivity index (χ0) is 34.1. The van der Waals surface area contributed by atoms with Crippen LogP contribution >= 0.6 is 11.3 Å². The van der Waals surface area contributed by atoms with Gasteiger partial charge in [-0.3, -0.25) is 0 Å². The second-order valence-corrected chi connectivity index (χ2v) is 20.7. The molecule has 0 amide bonds. The summed E-state index contributed by atoms with van der Waals surface area (Å²) in [5.41, 5.74) is 12.6. The van der Waals surface area contributed by atoms with Gasteiger partial charge < -0.3 is 4.90 Å². The lowest BCUT2D eigenvalue weighted by Crippen LogP contribution is -2.44. The number of hydrogen-bond donors (Lipinski definition) is 0. The molecule has 1 aromatic heterocycles. The summed E-state index contributed by atoms with van der Waals surface area (Å²) in [5, 5.41) is 7.32. The minimum absolute atomic E-state index is 0.484. The molecule has 0 radical (unpaired) electrons. The van der Waals surface area contributed by atoms with Crippen molar-refractivity contribution in [2.45, 2.75) is 64.0 Å². The maximum atomic E-state index is 2.62. The first-order valence-corrected chi connectivity index (χ1v) is 22.7. The van der Waals surface area contributed by atoms with E-state index in [9.17, 15) is 0 Å². The van der Waals surface area contributed by atoms with Crippen molar-refractivity contribution in [3.8, 4) is 11.1 Å². The van der Waals surface area contributed by atoms with Crippen molar-refractivity contribution in [2.24, 2.45) is 0 Å². The summed E-state index contributed by atoms with van der Waals surface area (Å²) in [7, 11) is -2.04. The SMILES string of the molecule is C[Si]1(C)C2=C(CCC=C2N(c2ccc(-c3cccc4ccccc34)cc2)c2cccc(C3C=CCCC3)c2)c2c1ccc1c3c(sc21)CCC=C3. The minimum atomic E-state index is -2.04. The van der Waals surface area contributed by atoms with E-state index in [1.807, 2.05) is 0 Å². The molecular formula is C48H43NSSi. The third kappa shape index (κ3) is 5.00. The zero-order valence-electron chi connectivity index (χ0n) is 29.6. The Balaban J connectivity index is 1.14. The minimum Gasteiger partial charge on any atom is -0.311 e. The van der Waals surface area contributed by atoms with Gasteiger partial charge >= 0.3 is 0 Å². The summed E-state index contributed by atoms with van der Waals surface area (Å²) in [4.78, 5) is 4.19. The average Bonchev–Trinajstić information content (AvgIpc) is 3.68. The quantitative estimate of drug-likeness (QED) is 0.128. The molecule has 1 unspecified atom stereocenters.